The van der Waals surface area contributed by atoms with E-state index in [4.69, 9.17) is 5.73 Å². The number of nitrogens with two attached hydrogens (primary N) is 1. The molecule has 7 heteroatoms. The predicted molar refractivity (Wildman–Crippen MR) is 71.4 cm³/mol. The van der Waals surface area contributed by atoms with Crippen LogP contribution in [0.1, 0.15) is 17.0 Å². The summed E-state index contributed by atoms with van der Waals surface area (Å²) in [5.41, 5.74) is 5.83. The Morgan fingerprint density at radius 3 is 2.89 bits per heavy atom. The number of carbonyl (C=O) groups is 1. The fraction of sp³-hybridized carbons (Fsp3) is 0.250. The number of hydrogen-bond donors (Lipinski definition) is 2. The molecule has 0 atom stereocenters. The molecule has 0 fully saturated rings. The molecule has 3 N–H and O–H groups in total. The van der Waals surface area contributed by atoms with Gasteiger partial charge >= 0.3 is 0 Å². The van der Waals surface area contributed by atoms with Crippen LogP contribution in [-0.4, -0.2) is 22.6 Å². The molecular formula is C12H13FN4OS. The van der Waals surface area contributed by atoms with Crippen molar-refractivity contribution in [1.82, 2.24) is 10.2 Å². The lowest BCUT2D eigenvalue weighted by atomic mass is 10.1. The zero-order chi connectivity index (χ0) is 13.7. The van der Waals surface area contributed by atoms with E-state index >= 15 is 0 Å². The quantitative estimate of drug-likeness (QED) is 0.871. The first-order chi connectivity index (χ1) is 9.19. The number of rotatable bonds is 5. The van der Waals surface area contributed by atoms with Crippen molar-refractivity contribution in [3.05, 3.63) is 40.7 Å². The van der Waals surface area contributed by atoms with Gasteiger partial charge in [0.15, 0.2) is 0 Å². The van der Waals surface area contributed by atoms with E-state index in [9.17, 15) is 9.18 Å². The van der Waals surface area contributed by atoms with Crippen LogP contribution in [0.15, 0.2) is 24.3 Å². The van der Waals surface area contributed by atoms with Crippen LogP contribution in [0.25, 0.3) is 0 Å². The number of halogens is 1. The molecule has 1 amide bonds. The number of anilines is 1. The average molecular weight is 280 g/mol. The molecule has 0 spiro atoms. The largest absolute Gasteiger partial charge is 0.330 e. The Balaban J connectivity index is 2.02. The normalized spacial score (nSPS) is 10.4. The number of benzene rings is 1. The summed E-state index contributed by atoms with van der Waals surface area (Å²) >= 11 is 1.23. The Kier molecular flexibility index (Phi) is 4.53. The molecular weight excluding hydrogens is 267 g/mol. The predicted octanol–water partition coefficient (Wildman–Crippen LogP) is 1.56. The highest BCUT2D eigenvalue weighted by Crippen LogP contribution is 2.19. The van der Waals surface area contributed by atoms with Crippen molar-refractivity contribution in [3.63, 3.8) is 0 Å². The second-order valence-electron chi connectivity index (χ2n) is 3.86. The fourth-order valence-electron chi connectivity index (χ4n) is 1.49. The summed E-state index contributed by atoms with van der Waals surface area (Å²) in [5, 5.41) is 11.4. The van der Waals surface area contributed by atoms with Gasteiger partial charge in [-0.15, -0.1) is 10.2 Å². The third-order valence-corrected chi connectivity index (χ3v) is 3.22. The number of carbonyl (C=O) groups excluding carboxylic acids is 1. The van der Waals surface area contributed by atoms with Crippen molar-refractivity contribution in [2.75, 3.05) is 11.9 Å². The first-order valence-corrected chi connectivity index (χ1v) is 6.56. The van der Waals surface area contributed by atoms with Gasteiger partial charge in [0.1, 0.15) is 10.8 Å². The molecule has 0 bridgehead atoms. The topological polar surface area (TPSA) is 80.9 Å². The fourth-order valence-corrected chi connectivity index (χ4v) is 2.27. The van der Waals surface area contributed by atoms with Crippen molar-refractivity contribution in [3.8, 4) is 0 Å². The number of aromatic nitrogens is 2. The number of nitrogens with one attached hydrogen (secondary N) is 1. The molecule has 0 aliphatic carbocycles. The maximum absolute atomic E-state index is 13.5. The van der Waals surface area contributed by atoms with Crippen LogP contribution >= 0.6 is 11.3 Å². The minimum Gasteiger partial charge on any atom is -0.330 e. The van der Waals surface area contributed by atoms with Gasteiger partial charge in [0.05, 0.1) is 0 Å². The summed E-state index contributed by atoms with van der Waals surface area (Å²) in [6.07, 6.45) is 0.597. The number of hydrogen-bond acceptors (Lipinski definition) is 5. The standard InChI is InChI=1S/C12H13FN4OS/c13-9-4-2-1-3-8(9)7-11-16-17-12(19-11)15-10(18)5-6-14/h1-4H,5-7,14H2,(H,15,17,18). The molecule has 0 unspecified atom stereocenters. The van der Waals surface area contributed by atoms with Crippen LogP contribution in [0.5, 0.6) is 0 Å². The molecule has 0 saturated heterocycles. The molecule has 1 heterocycles. The molecule has 2 aromatic rings. The van der Waals surface area contributed by atoms with Crippen molar-refractivity contribution >= 4 is 22.4 Å². The third kappa shape index (κ3) is 3.80. The molecule has 0 aliphatic rings. The van der Waals surface area contributed by atoms with Gasteiger partial charge in [-0.25, -0.2) is 4.39 Å². The van der Waals surface area contributed by atoms with E-state index in [2.05, 4.69) is 15.5 Å². The van der Waals surface area contributed by atoms with Crippen LogP contribution in [-0.2, 0) is 11.2 Å². The van der Waals surface area contributed by atoms with Crippen molar-refractivity contribution in [2.24, 2.45) is 5.73 Å². The number of amides is 1. The second-order valence-corrected chi connectivity index (χ2v) is 4.92. The maximum Gasteiger partial charge on any atom is 0.227 e. The lowest BCUT2D eigenvalue weighted by Gasteiger charge is -1.99. The van der Waals surface area contributed by atoms with Gasteiger partial charge in [-0.3, -0.25) is 4.79 Å². The molecule has 0 radical (unpaired) electrons. The van der Waals surface area contributed by atoms with E-state index < -0.39 is 0 Å². The molecule has 0 aliphatic heterocycles. The Morgan fingerprint density at radius 2 is 2.16 bits per heavy atom. The molecule has 1 aromatic heterocycles. The molecule has 0 saturated carbocycles. The van der Waals surface area contributed by atoms with E-state index in [1.54, 1.807) is 18.2 Å². The van der Waals surface area contributed by atoms with E-state index in [1.165, 1.54) is 17.4 Å². The first-order valence-electron chi connectivity index (χ1n) is 5.74. The zero-order valence-electron chi connectivity index (χ0n) is 10.1. The van der Waals surface area contributed by atoms with Crippen LogP contribution in [0.2, 0.25) is 0 Å². The molecule has 2 rings (SSSR count). The highest BCUT2D eigenvalue weighted by Gasteiger charge is 2.09. The van der Waals surface area contributed by atoms with E-state index in [0.717, 1.165) is 0 Å². The van der Waals surface area contributed by atoms with Crippen LogP contribution in [0.3, 0.4) is 0 Å². The van der Waals surface area contributed by atoms with Gasteiger partial charge in [0.2, 0.25) is 11.0 Å². The van der Waals surface area contributed by atoms with Crippen molar-refractivity contribution in [1.29, 1.82) is 0 Å². The summed E-state index contributed by atoms with van der Waals surface area (Å²) in [6, 6.07) is 6.50. The average Bonchev–Trinajstić information content (AvgIpc) is 2.80. The van der Waals surface area contributed by atoms with Crippen molar-refractivity contribution < 1.29 is 9.18 Å². The smallest absolute Gasteiger partial charge is 0.227 e. The second kappa shape index (κ2) is 6.35. The van der Waals surface area contributed by atoms with Crippen LogP contribution < -0.4 is 11.1 Å². The molecule has 5 nitrogen and oxygen atoms in total. The van der Waals surface area contributed by atoms with E-state index in [1.807, 2.05) is 0 Å². The highest BCUT2D eigenvalue weighted by atomic mass is 32.1. The van der Waals surface area contributed by atoms with Gasteiger partial charge in [-0.2, -0.15) is 0 Å². The lowest BCUT2D eigenvalue weighted by Crippen LogP contribution is -2.15. The third-order valence-electron chi connectivity index (χ3n) is 2.38. The molecule has 1 aromatic carbocycles. The minimum atomic E-state index is -0.272. The van der Waals surface area contributed by atoms with Gasteiger partial charge < -0.3 is 11.1 Å². The lowest BCUT2D eigenvalue weighted by molar-refractivity contribution is -0.116. The highest BCUT2D eigenvalue weighted by molar-refractivity contribution is 7.15. The SMILES string of the molecule is NCCC(=O)Nc1nnc(Cc2ccccc2F)s1. The Bertz CT molecular complexity index is 572. The van der Waals surface area contributed by atoms with Crippen LogP contribution in [0.4, 0.5) is 9.52 Å². The first kappa shape index (κ1) is 13.6. The van der Waals surface area contributed by atoms with Gasteiger partial charge in [-0.1, -0.05) is 29.5 Å². The van der Waals surface area contributed by atoms with E-state index in [-0.39, 0.29) is 24.7 Å². The van der Waals surface area contributed by atoms with Crippen molar-refractivity contribution in [2.45, 2.75) is 12.8 Å². The van der Waals surface area contributed by atoms with Gasteiger partial charge in [0.25, 0.3) is 0 Å². The van der Waals surface area contributed by atoms with Gasteiger partial charge in [-0.05, 0) is 11.6 Å². The number of nitrogens with zero attached hydrogens (tertiary/aromatic N) is 2. The van der Waals surface area contributed by atoms with Crippen LogP contribution in [0, 0.1) is 5.82 Å². The maximum atomic E-state index is 13.5. The summed E-state index contributed by atoms with van der Waals surface area (Å²) in [7, 11) is 0. The summed E-state index contributed by atoms with van der Waals surface area (Å²) < 4.78 is 13.5. The monoisotopic (exact) mass is 280 g/mol. The Morgan fingerprint density at radius 1 is 1.37 bits per heavy atom. The zero-order valence-corrected chi connectivity index (χ0v) is 10.9. The molecule has 19 heavy (non-hydrogen) atoms. The summed E-state index contributed by atoms with van der Waals surface area (Å²) in [4.78, 5) is 11.3. The molecule has 100 valence electrons. The Hall–Kier alpha value is -1.86. The minimum absolute atomic E-state index is 0.198. The summed E-state index contributed by atoms with van der Waals surface area (Å²) in [6.45, 7) is 0.284. The van der Waals surface area contributed by atoms with E-state index in [0.29, 0.717) is 22.1 Å². The Labute approximate surface area is 113 Å². The van der Waals surface area contributed by atoms with Gasteiger partial charge in [0, 0.05) is 19.4 Å². The summed E-state index contributed by atoms with van der Waals surface area (Å²) in [5.74, 6) is -0.470.